The fraction of sp³-hybridized carbons (Fsp3) is 0.667. The van der Waals surface area contributed by atoms with Crippen molar-refractivity contribution in [3.05, 3.63) is 29.6 Å². The molecule has 2 fully saturated rings. The number of pyridine rings is 1. The number of amides is 1. The standard InChI is InChI=1S/C21H29N3O3/c1-23(14-15-24-12-3-2-4-13-24)19(25)16-7-9-21(10-8-16)18-17(20(26)27-21)6-5-11-22-18/h5-6,11,16H,2-4,7-10,12-15H2,1H3. The average molecular weight is 371 g/mol. The van der Waals surface area contributed by atoms with E-state index in [0.29, 0.717) is 18.4 Å². The molecule has 1 aromatic heterocycles. The highest BCUT2D eigenvalue weighted by Gasteiger charge is 2.49. The number of carbonyl (C=O) groups excluding carboxylic acids is 2. The summed E-state index contributed by atoms with van der Waals surface area (Å²) in [6, 6.07) is 3.55. The molecule has 0 unspecified atom stereocenters. The molecule has 1 saturated heterocycles. The maximum Gasteiger partial charge on any atom is 0.341 e. The maximum absolute atomic E-state index is 12.9. The van der Waals surface area contributed by atoms with Crippen molar-refractivity contribution in [1.29, 1.82) is 0 Å². The molecule has 27 heavy (non-hydrogen) atoms. The summed E-state index contributed by atoms with van der Waals surface area (Å²) >= 11 is 0. The normalized spacial score (nSPS) is 28.0. The van der Waals surface area contributed by atoms with E-state index in [1.165, 1.54) is 19.3 Å². The molecule has 3 heterocycles. The van der Waals surface area contributed by atoms with Crippen LogP contribution in [0.3, 0.4) is 0 Å². The van der Waals surface area contributed by atoms with E-state index < -0.39 is 5.60 Å². The van der Waals surface area contributed by atoms with Gasteiger partial charge in [0.05, 0.1) is 11.3 Å². The summed E-state index contributed by atoms with van der Waals surface area (Å²) < 4.78 is 5.74. The van der Waals surface area contributed by atoms with Gasteiger partial charge in [-0.3, -0.25) is 9.78 Å². The van der Waals surface area contributed by atoms with Gasteiger partial charge in [0.2, 0.25) is 5.91 Å². The lowest BCUT2D eigenvalue weighted by atomic mass is 9.76. The zero-order chi connectivity index (χ0) is 18.9. The van der Waals surface area contributed by atoms with E-state index >= 15 is 0 Å². The van der Waals surface area contributed by atoms with Crippen molar-refractivity contribution in [2.45, 2.75) is 50.5 Å². The third kappa shape index (κ3) is 3.59. The molecule has 0 atom stereocenters. The topological polar surface area (TPSA) is 62.7 Å². The molecular formula is C21H29N3O3. The van der Waals surface area contributed by atoms with Crippen LogP contribution in [-0.2, 0) is 15.1 Å². The van der Waals surface area contributed by atoms with Crippen molar-refractivity contribution in [2.75, 3.05) is 33.2 Å². The fourth-order valence-electron chi connectivity index (χ4n) is 4.78. The molecule has 6 nitrogen and oxygen atoms in total. The number of rotatable bonds is 4. The van der Waals surface area contributed by atoms with Crippen LogP contribution < -0.4 is 0 Å². The third-order valence-electron chi connectivity index (χ3n) is 6.47. The predicted octanol–water partition coefficient (Wildman–Crippen LogP) is 2.58. The number of ether oxygens (including phenoxy) is 1. The van der Waals surface area contributed by atoms with Crippen LogP contribution in [-0.4, -0.2) is 59.9 Å². The van der Waals surface area contributed by atoms with Gasteiger partial charge >= 0.3 is 5.97 Å². The molecule has 1 aromatic rings. The van der Waals surface area contributed by atoms with Crippen molar-refractivity contribution in [1.82, 2.24) is 14.8 Å². The van der Waals surface area contributed by atoms with E-state index in [9.17, 15) is 9.59 Å². The Balaban J connectivity index is 1.32. The van der Waals surface area contributed by atoms with Gasteiger partial charge in [0.25, 0.3) is 0 Å². The monoisotopic (exact) mass is 371 g/mol. The minimum atomic E-state index is -0.614. The number of nitrogens with zero attached hydrogens (tertiary/aromatic N) is 3. The van der Waals surface area contributed by atoms with Crippen LogP contribution in [0.15, 0.2) is 18.3 Å². The lowest BCUT2D eigenvalue weighted by Gasteiger charge is -2.36. The summed E-state index contributed by atoms with van der Waals surface area (Å²) in [6.45, 7) is 4.07. The summed E-state index contributed by atoms with van der Waals surface area (Å²) in [5.74, 6) is -0.0256. The van der Waals surface area contributed by atoms with E-state index in [1.807, 2.05) is 11.9 Å². The van der Waals surface area contributed by atoms with Crippen molar-refractivity contribution in [2.24, 2.45) is 5.92 Å². The number of fused-ring (bicyclic) bond motifs is 2. The number of likely N-dealkylation sites (N-methyl/N-ethyl adjacent to an activating group) is 1. The molecule has 0 radical (unpaired) electrons. The number of esters is 1. The first kappa shape index (κ1) is 18.4. The summed E-state index contributed by atoms with van der Waals surface area (Å²) in [5.41, 5.74) is 0.733. The summed E-state index contributed by atoms with van der Waals surface area (Å²) in [4.78, 5) is 33.8. The van der Waals surface area contributed by atoms with Gasteiger partial charge in [-0.2, -0.15) is 0 Å². The van der Waals surface area contributed by atoms with Gasteiger partial charge in [0.1, 0.15) is 0 Å². The van der Waals surface area contributed by atoms with Crippen molar-refractivity contribution < 1.29 is 14.3 Å². The summed E-state index contributed by atoms with van der Waals surface area (Å²) in [5, 5.41) is 0. The summed E-state index contributed by atoms with van der Waals surface area (Å²) in [7, 11) is 1.92. The van der Waals surface area contributed by atoms with E-state index in [0.717, 1.165) is 44.7 Å². The lowest BCUT2D eigenvalue weighted by Crippen LogP contribution is -2.43. The number of carbonyl (C=O) groups is 2. The fourth-order valence-corrected chi connectivity index (χ4v) is 4.78. The first-order valence-corrected chi connectivity index (χ1v) is 10.3. The number of hydrogen-bond donors (Lipinski definition) is 0. The first-order chi connectivity index (χ1) is 13.1. The van der Waals surface area contributed by atoms with Crippen molar-refractivity contribution >= 4 is 11.9 Å². The maximum atomic E-state index is 12.9. The zero-order valence-corrected chi connectivity index (χ0v) is 16.2. The second-order valence-electron chi connectivity index (χ2n) is 8.22. The largest absolute Gasteiger partial charge is 0.449 e. The quantitative estimate of drug-likeness (QED) is 0.761. The molecule has 1 aliphatic carbocycles. The Hall–Kier alpha value is -1.95. The van der Waals surface area contributed by atoms with E-state index in [-0.39, 0.29) is 17.8 Å². The Bertz CT molecular complexity index is 706. The Morgan fingerprint density at radius 1 is 1.30 bits per heavy atom. The van der Waals surface area contributed by atoms with Crippen LogP contribution in [0, 0.1) is 5.92 Å². The molecular weight excluding hydrogens is 342 g/mol. The van der Waals surface area contributed by atoms with E-state index in [2.05, 4.69) is 9.88 Å². The van der Waals surface area contributed by atoms with Crippen LogP contribution in [0.2, 0.25) is 0 Å². The van der Waals surface area contributed by atoms with Gasteiger partial charge in [-0.05, 0) is 63.7 Å². The molecule has 1 spiro atoms. The molecule has 1 amide bonds. The molecule has 6 heteroatoms. The smallest absolute Gasteiger partial charge is 0.341 e. The highest BCUT2D eigenvalue weighted by molar-refractivity contribution is 5.94. The van der Waals surface area contributed by atoms with Crippen molar-refractivity contribution in [3.63, 3.8) is 0 Å². The zero-order valence-electron chi connectivity index (χ0n) is 16.2. The number of likely N-dealkylation sites (tertiary alicyclic amines) is 1. The van der Waals surface area contributed by atoms with Gasteiger partial charge < -0.3 is 14.5 Å². The number of piperidine rings is 1. The number of hydrogen-bond acceptors (Lipinski definition) is 5. The molecule has 0 bridgehead atoms. The lowest BCUT2D eigenvalue weighted by molar-refractivity contribution is -0.137. The van der Waals surface area contributed by atoms with Crippen LogP contribution >= 0.6 is 0 Å². The summed E-state index contributed by atoms with van der Waals surface area (Å²) in [6.07, 6.45) is 8.45. The Kier molecular flexibility index (Phi) is 5.17. The van der Waals surface area contributed by atoms with Gasteiger partial charge in [0, 0.05) is 32.3 Å². The molecule has 0 aromatic carbocycles. The van der Waals surface area contributed by atoms with Gasteiger partial charge in [0.15, 0.2) is 5.60 Å². The second-order valence-corrected chi connectivity index (χ2v) is 8.22. The Morgan fingerprint density at radius 3 is 2.78 bits per heavy atom. The minimum absolute atomic E-state index is 0.0217. The van der Waals surface area contributed by atoms with Gasteiger partial charge in [-0.1, -0.05) is 6.42 Å². The number of aromatic nitrogens is 1. The van der Waals surface area contributed by atoms with E-state index in [4.69, 9.17) is 4.74 Å². The molecule has 4 rings (SSSR count). The van der Waals surface area contributed by atoms with Crippen LogP contribution in [0.4, 0.5) is 0 Å². The third-order valence-corrected chi connectivity index (χ3v) is 6.47. The van der Waals surface area contributed by atoms with Crippen LogP contribution in [0.1, 0.15) is 61.0 Å². The second kappa shape index (κ2) is 7.58. The average Bonchev–Trinajstić information content (AvgIpc) is 2.99. The highest BCUT2D eigenvalue weighted by atomic mass is 16.6. The van der Waals surface area contributed by atoms with E-state index in [1.54, 1.807) is 18.3 Å². The van der Waals surface area contributed by atoms with Crippen LogP contribution in [0.5, 0.6) is 0 Å². The Morgan fingerprint density at radius 2 is 2.04 bits per heavy atom. The highest BCUT2D eigenvalue weighted by Crippen LogP contribution is 2.47. The molecule has 3 aliphatic rings. The van der Waals surface area contributed by atoms with Gasteiger partial charge in [-0.15, -0.1) is 0 Å². The molecule has 0 N–H and O–H groups in total. The molecule has 2 aliphatic heterocycles. The SMILES string of the molecule is CN(CCN1CCCCC1)C(=O)C1CCC2(CC1)OC(=O)c1cccnc12. The minimum Gasteiger partial charge on any atom is -0.449 e. The van der Waals surface area contributed by atoms with Crippen LogP contribution in [0.25, 0.3) is 0 Å². The molecule has 1 saturated carbocycles. The van der Waals surface area contributed by atoms with Crippen molar-refractivity contribution in [3.8, 4) is 0 Å². The van der Waals surface area contributed by atoms with Gasteiger partial charge in [-0.25, -0.2) is 4.79 Å². The first-order valence-electron chi connectivity index (χ1n) is 10.3. The predicted molar refractivity (Wildman–Crippen MR) is 101 cm³/mol. The Labute approximate surface area is 160 Å². The molecule has 146 valence electrons.